The van der Waals surface area contributed by atoms with E-state index < -0.39 is 0 Å². The predicted octanol–water partition coefficient (Wildman–Crippen LogP) is 4.84. The first-order valence-electron chi connectivity index (χ1n) is 5.26. The van der Waals surface area contributed by atoms with E-state index in [9.17, 15) is 4.79 Å². The lowest BCUT2D eigenvalue weighted by molar-refractivity contribution is 0.104. The van der Waals surface area contributed by atoms with Gasteiger partial charge in [-0.3, -0.25) is 4.79 Å². The second-order valence-electron chi connectivity index (χ2n) is 3.98. The molecule has 0 N–H and O–H groups in total. The minimum Gasteiger partial charge on any atom is -0.288 e. The van der Waals surface area contributed by atoms with Gasteiger partial charge in [0, 0.05) is 4.88 Å². The van der Waals surface area contributed by atoms with Crippen LogP contribution >= 0.6 is 45.9 Å². The van der Waals surface area contributed by atoms with Gasteiger partial charge in [0.1, 0.15) is 4.34 Å². The first-order valence-corrected chi connectivity index (χ1v) is 7.65. The molecule has 2 aromatic heterocycles. The molecule has 2 heterocycles. The molecular formula is C12H8Cl2OS2. The van der Waals surface area contributed by atoms with Gasteiger partial charge in [0.05, 0.1) is 14.8 Å². The fourth-order valence-corrected chi connectivity index (χ4v) is 4.73. The Bertz CT molecular complexity index is 576. The van der Waals surface area contributed by atoms with E-state index in [1.165, 1.54) is 28.2 Å². The van der Waals surface area contributed by atoms with Gasteiger partial charge < -0.3 is 0 Å². The zero-order chi connectivity index (χ0) is 12.0. The summed E-state index contributed by atoms with van der Waals surface area (Å²) in [5, 5.41) is 0. The van der Waals surface area contributed by atoms with Gasteiger partial charge >= 0.3 is 0 Å². The third kappa shape index (κ3) is 2.06. The fourth-order valence-electron chi connectivity index (χ4n) is 2.07. The number of rotatable bonds is 2. The fraction of sp³-hybridized carbons (Fsp3) is 0.250. The van der Waals surface area contributed by atoms with Gasteiger partial charge in [-0.25, -0.2) is 0 Å². The van der Waals surface area contributed by atoms with E-state index in [2.05, 4.69) is 0 Å². The molecule has 0 saturated carbocycles. The van der Waals surface area contributed by atoms with Crippen molar-refractivity contribution in [3.63, 3.8) is 0 Å². The molecule has 0 spiro atoms. The number of aryl methyl sites for hydroxylation is 2. The quantitative estimate of drug-likeness (QED) is 0.726. The number of fused-ring (bicyclic) bond motifs is 1. The lowest BCUT2D eigenvalue weighted by atomic mass is 10.1. The molecular weight excluding hydrogens is 295 g/mol. The lowest BCUT2D eigenvalue weighted by Gasteiger charge is -1.94. The zero-order valence-electron chi connectivity index (χ0n) is 8.76. The van der Waals surface area contributed by atoms with Crippen LogP contribution in [-0.2, 0) is 12.8 Å². The molecule has 1 nitrogen and oxygen atoms in total. The molecule has 1 aliphatic rings. The first-order chi connectivity index (χ1) is 8.15. The summed E-state index contributed by atoms with van der Waals surface area (Å²) in [6, 6.07) is 3.67. The number of ketones is 1. The van der Waals surface area contributed by atoms with E-state index in [1.54, 1.807) is 17.4 Å². The van der Waals surface area contributed by atoms with Crippen molar-refractivity contribution in [3.8, 4) is 0 Å². The number of thiophene rings is 2. The highest BCUT2D eigenvalue weighted by molar-refractivity contribution is 7.20. The molecule has 0 aromatic carbocycles. The van der Waals surface area contributed by atoms with Crippen LogP contribution in [0.1, 0.15) is 32.1 Å². The van der Waals surface area contributed by atoms with E-state index in [1.807, 2.05) is 6.07 Å². The summed E-state index contributed by atoms with van der Waals surface area (Å²) in [5.41, 5.74) is 1.86. The van der Waals surface area contributed by atoms with Crippen LogP contribution in [0.2, 0.25) is 8.67 Å². The molecule has 17 heavy (non-hydrogen) atoms. The van der Waals surface area contributed by atoms with Gasteiger partial charge in [-0.05, 0) is 37.0 Å². The summed E-state index contributed by atoms with van der Waals surface area (Å²) < 4.78 is 1.04. The zero-order valence-corrected chi connectivity index (χ0v) is 11.9. The van der Waals surface area contributed by atoms with Gasteiger partial charge in [-0.15, -0.1) is 22.7 Å². The summed E-state index contributed by atoms with van der Waals surface area (Å²) in [5.74, 6) is -0.00227. The second-order valence-corrected chi connectivity index (χ2v) is 7.40. The Morgan fingerprint density at radius 2 is 2.00 bits per heavy atom. The van der Waals surface area contributed by atoms with Crippen LogP contribution in [0.15, 0.2) is 12.1 Å². The molecule has 0 unspecified atom stereocenters. The normalized spacial score (nSPS) is 14.0. The Morgan fingerprint density at radius 3 is 2.65 bits per heavy atom. The minimum absolute atomic E-state index is 0.00227. The van der Waals surface area contributed by atoms with Crippen molar-refractivity contribution in [3.05, 3.63) is 41.7 Å². The number of hydrogen-bond donors (Lipinski definition) is 0. The highest BCUT2D eigenvalue weighted by Crippen LogP contribution is 2.36. The van der Waals surface area contributed by atoms with E-state index in [0.717, 1.165) is 17.7 Å². The average Bonchev–Trinajstić information content (AvgIpc) is 2.90. The molecule has 0 saturated heterocycles. The molecule has 5 heteroatoms. The summed E-state index contributed by atoms with van der Waals surface area (Å²) in [4.78, 5) is 14.4. The van der Waals surface area contributed by atoms with Gasteiger partial charge in [-0.2, -0.15) is 0 Å². The molecule has 3 rings (SSSR count). The molecule has 0 atom stereocenters. The number of hydrogen-bond acceptors (Lipinski definition) is 3. The van der Waals surface area contributed by atoms with Crippen LogP contribution in [0.5, 0.6) is 0 Å². The maximum Gasteiger partial charge on any atom is 0.205 e. The second kappa shape index (κ2) is 4.39. The summed E-state index contributed by atoms with van der Waals surface area (Å²) in [6.07, 6.45) is 3.41. The first kappa shape index (κ1) is 11.7. The predicted molar refractivity (Wildman–Crippen MR) is 74.1 cm³/mol. The van der Waals surface area contributed by atoms with Crippen LogP contribution in [0.3, 0.4) is 0 Å². The van der Waals surface area contributed by atoms with Crippen LogP contribution in [0, 0.1) is 0 Å². The molecule has 0 bridgehead atoms. The van der Waals surface area contributed by atoms with Crippen LogP contribution in [0.25, 0.3) is 0 Å². The summed E-state index contributed by atoms with van der Waals surface area (Å²) in [7, 11) is 0. The third-order valence-corrected chi connectivity index (χ3v) is 5.60. The number of halogens is 2. The summed E-state index contributed by atoms with van der Waals surface area (Å²) >= 11 is 14.7. The van der Waals surface area contributed by atoms with Crippen LogP contribution in [-0.4, -0.2) is 5.78 Å². The Labute approximate surface area is 117 Å². The highest BCUT2D eigenvalue weighted by atomic mass is 35.5. The standard InChI is InChI=1S/C12H8Cl2OS2/c13-10-5-7(12(14)17-10)11(15)9-4-6-2-1-3-8(6)16-9/h4-5H,1-3H2. The average molecular weight is 303 g/mol. The van der Waals surface area contributed by atoms with Gasteiger partial charge in [-0.1, -0.05) is 23.2 Å². The van der Waals surface area contributed by atoms with Crippen molar-refractivity contribution in [1.82, 2.24) is 0 Å². The van der Waals surface area contributed by atoms with E-state index >= 15 is 0 Å². The van der Waals surface area contributed by atoms with E-state index in [0.29, 0.717) is 14.2 Å². The molecule has 2 aromatic rings. The maximum absolute atomic E-state index is 12.3. The number of carbonyl (C=O) groups excluding carboxylic acids is 1. The Hall–Kier alpha value is -0.350. The topological polar surface area (TPSA) is 17.1 Å². The third-order valence-electron chi connectivity index (χ3n) is 2.87. The van der Waals surface area contributed by atoms with E-state index in [-0.39, 0.29) is 5.78 Å². The van der Waals surface area contributed by atoms with Crippen molar-refractivity contribution < 1.29 is 4.79 Å². The Kier molecular flexibility index (Phi) is 3.03. The Balaban J connectivity index is 1.98. The van der Waals surface area contributed by atoms with Crippen molar-refractivity contribution >= 4 is 51.7 Å². The molecule has 0 aliphatic heterocycles. The largest absolute Gasteiger partial charge is 0.288 e. The molecule has 88 valence electrons. The molecule has 0 fully saturated rings. The van der Waals surface area contributed by atoms with Crippen LogP contribution in [0.4, 0.5) is 0 Å². The van der Waals surface area contributed by atoms with Crippen molar-refractivity contribution in [2.45, 2.75) is 19.3 Å². The monoisotopic (exact) mass is 302 g/mol. The SMILES string of the molecule is O=C(c1cc2c(s1)CCC2)c1cc(Cl)sc1Cl. The molecule has 1 aliphatic carbocycles. The molecule has 0 radical (unpaired) electrons. The molecule has 0 amide bonds. The number of carbonyl (C=O) groups is 1. The van der Waals surface area contributed by atoms with Crippen molar-refractivity contribution in [2.24, 2.45) is 0 Å². The summed E-state index contributed by atoms with van der Waals surface area (Å²) in [6.45, 7) is 0. The van der Waals surface area contributed by atoms with Crippen LogP contribution < -0.4 is 0 Å². The van der Waals surface area contributed by atoms with Gasteiger partial charge in [0.25, 0.3) is 0 Å². The lowest BCUT2D eigenvalue weighted by Crippen LogP contribution is -1.97. The maximum atomic E-state index is 12.3. The Morgan fingerprint density at radius 1 is 1.18 bits per heavy atom. The van der Waals surface area contributed by atoms with Crippen molar-refractivity contribution in [2.75, 3.05) is 0 Å². The van der Waals surface area contributed by atoms with Gasteiger partial charge in [0.15, 0.2) is 0 Å². The van der Waals surface area contributed by atoms with Crippen molar-refractivity contribution in [1.29, 1.82) is 0 Å². The van der Waals surface area contributed by atoms with E-state index in [4.69, 9.17) is 23.2 Å². The highest BCUT2D eigenvalue weighted by Gasteiger charge is 2.22. The minimum atomic E-state index is -0.00227. The smallest absolute Gasteiger partial charge is 0.205 e. The van der Waals surface area contributed by atoms with Gasteiger partial charge in [0.2, 0.25) is 5.78 Å².